The van der Waals surface area contributed by atoms with E-state index in [2.05, 4.69) is 0 Å². The molecule has 6 N–H and O–H groups in total. The fraction of sp³-hybridized carbons (Fsp3) is 0.920. The van der Waals surface area contributed by atoms with Crippen molar-refractivity contribution in [2.45, 2.75) is 68.6 Å². The second-order valence-electron chi connectivity index (χ2n) is 10.0. The number of carbonyl (C=O) groups excluding carboxylic acids is 2. The van der Waals surface area contributed by atoms with Crippen LogP contribution in [0.25, 0.3) is 0 Å². The summed E-state index contributed by atoms with van der Waals surface area (Å²) < 4.78 is 32.7. The molecule has 0 bridgehead atoms. The molecule has 0 aromatic carbocycles. The summed E-state index contributed by atoms with van der Waals surface area (Å²) in [5.74, 6) is -4.22. The van der Waals surface area contributed by atoms with Crippen molar-refractivity contribution in [3.8, 4) is 0 Å². The summed E-state index contributed by atoms with van der Waals surface area (Å²) >= 11 is 0. The molecule has 16 nitrogen and oxygen atoms in total. The molecule has 43 heavy (non-hydrogen) atoms. The van der Waals surface area contributed by atoms with Crippen LogP contribution in [0.1, 0.15) is 20.3 Å². The molecule has 10 atom stereocenters. The molecule has 2 saturated heterocycles. The third kappa shape index (κ3) is 14.8. The van der Waals surface area contributed by atoms with Crippen LogP contribution in [0.4, 0.5) is 0 Å². The normalized spacial score (nSPS) is 33.7. The van der Waals surface area contributed by atoms with E-state index in [4.69, 9.17) is 38.6 Å². The Balaban J connectivity index is 0. The van der Waals surface area contributed by atoms with Gasteiger partial charge in [0.15, 0.2) is 0 Å². The van der Waals surface area contributed by atoms with Gasteiger partial charge in [-0.2, -0.15) is 0 Å². The number of carboxylic acids is 2. The summed E-state index contributed by atoms with van der Waals surface area (Å²) in [5, 5.41) is 79.2. The Bertz CT molecular complexity index is 765. The Morgan fingerprint density at radius 1 is 0.767 bits per heavy atom. The summed E-state index contributed by atoms with van der Waals surface area (Å²) in [5.41, 5.74) is -1.30. The molecule has 2 heterocycles. The Kier molecular flexibility index (Phi) is 25.2. The van der Waals surface area contributed by atoms with E-state index in [0.29, 0.717) is 6.42 Å². The van der Waals surface area contributed by atoms with Gasteiger partial charge in [-0.25, -0.2) is 0 Å². The predicted octanol–water partition coefficient (Wildman–Crippen LogP) is -11.8. The summed E-state index contributed by atoms with van der Waals surface area (Å²) in [7, 11) is 1.40. The molecule has 0 amide bonds. The quantitative estimate of drug-likeness (QED) is 0.0851. The maximum atomic E-state index is 10.8. The van der Waals surface area contributed by atoms with E-state index in [0.717, 1.165) is 0 Å². The van der Waals surface area contributed by atoms with E-state index < -0.39 is 85.3 Å². The number of carbonyl (C=O) groups is 2. The molecule has 2 fully saturated rings. The van der Waals surface area contributed by atoms with Gasteiger partial charge >= 0.3 is 59.1 Å². The first kappa shape index (κ1) is 45.6. The van der Waals surface area contributed by atoms with Gasteiger partial charge in [-0.15, -0.1) is 0 Å². The molecule has 0 spiro atoms. The fourth-order valence-corrected chi connectivity index (χ4v) is 4.83. The van der Waals surface area contributed by atoms with Gasteiger partial charge in [-0.3, -0.25) is 0 Å². The molecule has 18 heteroatoms. The molecular weight excluding hydrogens is 602 g/mol. The second kappa shape index (κ2) is 23.7. The average molecular weight is 647 g/mol. The Labute approximate surface area is 295 Å². The topological polar surface area (TPSA) is 257 Å². The van der Waals surface area contributed by atoms with E-state index in [-0.39, 0.29) is 105 Å². The van der Waals surface area contributed by atoms with Gasteiger partial charge in [0.25, 0.3) is 0 Å². The van der Waals surface area contributed by atoms with Crippen LogP contribution < -0.4 is 69.3 Å². The largest absolute Gasteiger partial charge is 1.00 e. The summed E-state index contributed by atoms with van der Waals surface area (Å²) in [6.07, 6.45) is -7.41. The number of hydrogen-bond acceptors (Lipinski definition) is 16. The molecular formula is C25H44Na2O16. The molecule has 2 aliphatic rings. The smallest absolute Gasteiger partial charge is 0.548 e. The van der Waals surface area contributed by atoms with Crippen LogP contribution >= 0.6 is 0 Å². The van der Waals surface area contributed by atoms with Crippen molar-refractivity contribution in [3.63, 3.8) is 0 Å². The third-order valence-corrected chi connectivity index (χ3v) is 6.88. The second-order valence-corrected chi connectivity index (χ2v) is 10.0. The minimum absolute atomic E-state index is 0. The van der Waals surface area contributed by atoms with E-state index in [1.165, 1.54) is 14.0 Å². The van der Waals surface area contributed by atoms with Gasteiger partial charge in [0.05, 0.1) is 95.8 Å². The van der Waals surface area contributed by atoms with E-state index >= 15 is 0 Å². The summed E-state index contributed by atoms with van der Waals surface area (Å²) in [4.78, 5) is 21.4. The molecule has 10 unspecified atom stereocenters. The first-order valence-electron chi connectivity index (χ1n) is 13.3. The Hall–Kier alpha value is 0.460. The maximum absolute atomic E-state index is 10.8. The van der Waals surface area contributed by atoms with E-state index in [1.807, 2.05) is 0 Å². The van der Waals surface area contributed by atoms with Crippen LogP contribution in [0.2, 0.25) is 0 Å². The molecule has 0 aliphatic carbocycles. The van der Waals surface area contributed by atoms with E-state index in [1.54, 1.807) is 6.92 Å². The van der Waals surface area contributed by atoms with Crippen molar-refractivity contribution >= 4 is 11.9 Å². The van der Waals surface area contributed by atoms with Gasteiger partial charge in [0.2, 0.25) is 0 Å². The van der Waals surface area contributed by atoms with Crippen molar-refractivity contribution < 1.29 is 138 Å². The van der Waals surface area contributed by atoms with Gasteiger partial charge < -0.3 is 78.9 Å². The number of rotatable bonds is 16. The van der Waals surface area contributed by atoms with Crippen LogP contribution in [0, 0.1) is 11.8 Å². The SMILES string of the molecule is CCC1C(COCC(=O)[O-])OC(COCC2C(COCC(=O)[O-])OC(C)(COC)C(O)C2O)C(O)C1O.OCCO.[Na+].[Na+]. The summed E-state index contributed by atoms with van der Waals surface area (Å²) in [6, 6.07) is 0. The van der Waals surface area contributed by atoms with Crippen molar-refractivity contribution in [3.05, 3.63) is 0 Å². The zero-order valence-corrected chi connectivity index (χ0v) is 29.5. The monoisotopic (exact) mass is 646 g/mol. The first-order valence-corrected chi connectivity index (χ1v) is 13.3. The van der Waals surface area contributed by atoms with Crippen LogP contribution in [0.3, 0.4) is 0 Å². The van der Waals surface area contributed by atoms with Crippen molar-refractivity contribution in [2.75, 3.05) is 66.6 Å². The molecule has 2 rings (SSSR count). The number of aliphatic carboxylic acids is 2. The Morgan fingerprint density at radius 3 is 1.74 bits per heavy atom. The van der Waals surface area contributed by atoms with Gasteiger partial charge in [0, 0.05) is 18.9 Å². The zero-order valence-electron chi connectivity index (χ0n) is 25.5. The molecule has 2 aliphatic heterocycles. The molecule has 0 aromatic heterocycles. The van der Waals surface area contributed by atoms with Crippen LogP contribution in [-0.4, -0.2) is 157 Å². The van der Waals surface area contributed by atoms with Crippen molar-refractivity contribution in [1.82, 2.24) is 0 Å². The first-order chi connectivity index (χ1) is 19.4. The standard InChI is InChI=1S/C23H40O14.C2H6O2.2Na/c1-4-12-14(6-34-9-17(24)25)36-16(21(30)19(12)28)8-33-5-13-15(7-35-10-18(26)27)37-23(2,11-32-3)22(31)20(13)29;3-1-2-4;;/h12-16,19-22,28-31H,4-11H2,1-3H3,(H,24,25)(H,26,27);3-4H,1-2H2;;/q;;2*+1/p-2. The van der Waals surface area contributed by atoms with Gasteiger partial charge in [0.1, 0.15) is 23.9 Å². The molecule has 0 saturated carbocycles. The van der Waals surface area contributed by atoms with Gasteiger partial charge in [-0.05, 0) is 13.3 Å². The number of methoxy groups -OCH3 is 1. The number of aliphatic hydroxyl groups is 6. The Morgan fingerprint density at radius 2 is 1.28 bits per heavy atom. The maximum Gasteiger partial charge on any atom is 1.00 e. The minimum atomic E-state index is -1.44. The van der Waals surface area contributed by atoms with Crippen LogP contribution in [0.5, 0.6) is 0 Å². The molecule has 0 aromatic rings. The third-order valence-electron chi connectivity index (χ3n) is 6.88. The number of carboxylic acid groups (broad SMARTS) is 2. The predicted molar refractivity (Wildman–Crippen MR) is 132 cm³/mol. The average Bonchev–Trinajstić information content (AvgIpc) is 2.91. The van der Waals surface area contributed by atoms with Crippen LogP contribution in [0.15, 0.2) is 0 Å². The zero-order chi connectivity index (χ0) is 31.2. The number of ether oxygens (including phenoxy) is 6. The molecule has 242 valence electrons. The number of aliphatic hydroxyl groups excluding tert-OH is 6. The molecule has 0 radical (unpaired) electrons. The van der Waals surface area contributed by atoms with Gasteiger partial charge in [-0.1, -0.05) is 6.92 Å². The van der Waals surface area contributed by atoms with Crippen molar-refractivity contribution in [1.29, 1.82) is 0 Å². The van der Waals surface area contributed by atoms with Crippen molar-refractivity contribution in [2.24, 2.45) is 11.8 Å². The minimum Gasteiger partial charge on any atom is -0.548 e. The van der Waals surface area contributed by atoms with Crippen LogP contribution in [-0.2, 0) is 38.0 Å². The number of hydrogen-bond donors (Lipinski definition) is 6. The summed E-state index contributed by atoms with van der Waals surface area (Å²) in [6.45, 7) is 0.825. The fourth-order valence-electron chi connectivity index (χ4n) is 4.83. The van der Waals surface area contributed by atoms with E-state index in [9.17, 15) is 40.2 Å².